The predicted molar refractivity (Wildman–Crippen MR) is 199 cm³/mol. The topological polar surface area (TPSA) is 110 Å². The third-order valence-corrected chi connectivity index (χ3v) is 11.2. The number of aliphatic hydroxyl groups is 1. The number of hydrogen-bond acceptors (Lipinski definition) is 9. The Balaban J connectivity index is 1.24. The van der Waals surface area contributed by atoms with Gasteiger partial charge < -0.3 is 14.2 Å². The molecule has 1 N–H and O–H groups in total. The molecular formula is C39H37N5O4S2. The van der Waals surface area contributed by atoms with Crippen molar-refractivity contribution < 1.29 is 19.4 Å². The molecule has 0 aliphatic carbocycles. The number of benzene rings is 3. The molecule has 0 bridgehead atoms. The first-order chi connectivity index (χ1) is 24.4. The van der Waals surface area contributed by atoms with E-state index >= 15 is 0 Å². The highest BCUT2D eigenvalue weighted by molar-refractivity contribution is 8.00. The van der Waals surface area contributed by atoms with Gasteiger partial charge >= 0.3 is 5.91 Å². The van der Waals surface area contributed by atoms with Crippen molar-refractivity contribution in [3.8, 4) is 5.75 Å². The molecule has 3 aromatic carbocycles. The lowest BCUT2D eigenvalue weighted by molar-refractivity contribution is -0.132. The van der Waals surface area contributed by atoms with Gasteiger partial charge in [-0.2, -0.15) is 0 Å². The zero-order chi connectivity index (χ0) is 34.8. The Labute approximate surface area is 298 Å². The molecule has 0 spiro atoms. The number of nitrogens with zero attached hydrogens (tertiary/aromatic N) is 5. The molecule has 0 saturated carbocycles. The van der Waals surface area contributed by atoms with Crippen molar-refractivity contribution in [2.45, 2.75) is 62.6 Å². The van der Waals surface area contributed by atoms with Gasteiger partial charge in [0.05, 0.1) is 23.9 Å². The maximum atomic E-state index is 13.9. The van der Waals surface area contributed by atoms with Gasteiger partial charge in [-0.25, -0.2) is 4.98 Å². The van der Waals surface area contributed by atoms with Crippen LogP contribution in [0.25, 0.3) is 22.2 Å². The van der Waals surface area contributed by atoms with Crippen molar-refractivity contribution in [2.75, 3.05) is 11.5 Å². The molecule has 1 atom stereocenters. The van der Waals surface area contributed by atoms with E-state index in [4.69, 9.17) is 9.72 Å². The highest BCUT2D eigenvalue weighted by atomic mass is 32.2. The highest BCUT2D eigenvalue weighted by Crippen LogP contribution is 2.44. The van der Waals surface area contributed by atoms with Crippen LogP contribution < -0.4 is 9.64 Å². The predicted octanol–water partition coefficient (Wildman–Crippen LogP) is 8.83. The van der Waals surface area contributed by atoms with Gasteiger partial charge in [-0.15, -0.1) is 10.2 Å². The van der Waals surface area contributed by atoms with E-state index in [1.807, 2.05) is 79.0 Å². The van der Waals surface area contributed by atoms with Crippen LogP contribution in [-0.2, 0) is 15.3 Å². The van der Waals surface area contributed by atoms with Gasteiger partial charge in [0, 0.05) is 11.9 Å². The summed E-state index contributed by atoms with van der Waals surface area (Å²) in [6, 6.07) is 24.7. The van der Waals surface area contributed by atoms with E-state index in [2.05, 4.69) is 41.4 Å². The zero-order valence-corrected chi connectivity index (χ0v) is 29.8. The fraction of sp³-hybridized carbons (Fsp3) is 0.256. The van der Waals surface area contributed by atoms with Gasteiger partial charge in [-0.05, 0) is 65.9 Å². The Morgan fingerprint density at radius 1 is 0.940 bits per heavy atom. The van der Waals surface area contributed by atoms with E-state index in [1.165, 1.54) is 39.8 Å². The second-order valence-corrected chi connectivity index (χ2v) is 14.5. The summed E-state index contributed by atoms with van der Waals surface area (Å²) in [7, 11) is 0. The summed E-state index contributed by atoms with van der Waals surface area (Å²) in [6.45, 7) is 6.54. The van der Waals surface area contributed by atoms with Crippen molar-refractivity contribution >= 4 is 62.1 Å². The van der Waals surface area contributed by atoms with Gasteiger partial charge in [0.1, 0.15) is 17.1 Å². The molecule has 1 amide bonds. The number of aryl methyl sites for hydroxylation is 2. The molecule has 6 aromatic rings. The normalized spacial score (nSPS) is 15.8. The Bertz CT molecular complexity index is 2240. The number of aliphatic hydroxyl groups excluding tert-OH is 1. The third kappa shape index (κ3) is 6.38. The van der Waals surface area contributed by atoms with E-state index in [0.717, 1.165) is 35.8 Å². The lowest BCUT2D eigenvalue weighted by Gasteiger charge is -2.22. The number of thioether (sulfide) groups is 1. The van der Waals surface area contributed by atoms with Crippen molar-refractivity contribution in [3.05, 3.63) is 119 Å². The van der Waals surface area contributed by atoms with Crippen molar-refractivity contribution in [3.63, 3.8) is 0 Å². The number of Topliss-reactive ketones (excluding diaryl/α,β-unsaturated/α-hetero) is 1. The molecule has 1 aliphatic rings. The number of hydrogen-bond donors (Lipinski definition) is 1. The van der Waals surface area contributed by atoms with Crippen LogP contribution >= 0.6 is 23.1 Å². The Morgan fingerprint density at radius 3 is 2.54 bits per heavy atom. The summed E-state index contributed by atoms with van der Waals surface area (Å²) in [6.07, 6.45) is 6.25. The van der Waals surface area contributed by atoms with Crippen LogP contribution in [0.1, 0.15) is 66.7 Å². The maximum absolute atomic E-state index is 13.9. The van der Waals surface area contributed by atoms with Crippen LogP contribution in [0.3, 0.4) is 0 Å². The average molecular weight is 704 g/mol. The van der Waals surface area contributed by atoms with Crippen LogP contribution in [0.4, 0.5) is 5.13 Å². The molecule has 1 fully saturated rings. The second kappa shape index (κ2) is 14.5. The molecule has 11 heteroatoms. The highest BCUT2D eigenvalue weighted by Gasteiger charge is 2.49. The smallest absolute Gasteiger partial charge is 0.301 e. The monoisotopic (exact) mass is 703 g/mol. The largest absolute Gasteiger partial charge is 0.505 e. The molecule has 9 nitrogen and oxygen atoms in total. The van der Waals surface area contributed by atoms with Crippen molar-refractivity contribution in [1.29, 1.82) is 0 Å². The van der Waals surface area contributed by atoms with Gasteiger partial charge in [0.15, 0.2) is 10.1 Å². The van der Waals surface area contributed by atoms with E-state index in [1.54, 1.807) is 0 Å². The van der Waals surface area contributed by atoms with E-state index in [0.29, 0.717) is 39.4 Å². The zero-order valence-electron chi connectivity index (χ0n) is 28.1. The van der Waals surface area contributed by atoms with E-state index < -0.39 is 17.7 Å². The molecule has 1 unspecified atom stereocenters. The number of carbonyl (C=O) groups excluding carboxylic acids is 2. The lowest BCUT2D eigenvalue weighted by atomic mass is 9.96. The van der Waals surface area contributed by atoms with Gasteiger partial charge in [-0.1, -0.05) is 110 Å². The van der Waals surface area contributed by atoms with E-state index in [-0.39, 0.29) is 22.2 Å². The molecule has 1 aliphatic heterocycles. The fourth-order valence-electron chi connectivity index (χ4n) is 6.40. The lowest BCUT2D eigenvalue weighted by Crippen LogP contribution is -2.29. The number of rotatable bonds is 12. The van der Waals surface area contributed by atoms with Crippen LogP contribution in [0, 0.1) is 13.8 Å². The number of fused-ring (bicyclic) bond motifs is 2. The summed E-state index contributed by atoms with van der Waals surface area (Å²) < 4.78 is 8.50. The van der Waals surface area contributed by atoms with Gasteiger partial charge in [-0.3, -0.25) is 14.5 Å². The van der Waals surface area contributed by atoms with Gasteiger partial charge in [0.25, 0.3) is 5.78 Å². The summed E-state index contributed by atoms with van der Waals surface area (Å²) in [4.78, 5) is 33.9. The maximum Gasteiger partial charge on any atom is 0.301 e. The number of carbonyl (C=O) groups is 2. The molecule has 0 radical (unpaired) electrons. The molecular weight excluding hydrogens is 667 g/mol. The molecule has 3 aromatic heterocycles. The van der Waals surface area contributed by atoms with Crippen LogP contribution in [0.15, 0.2) is 95.0 Å². The summed E-state index contributed by atoms with van der Waals surface area (Å²) >= 11 is 2.77. The van der Waals surface area contributed by atoms with Gasteiger partial charge in [0.2, 0.25) is 5.13 Å². The fourth-order valence-corrected chi connectivity index (χ4v) is 8.27. The summed E-state index contributed by atoms with van der Waals surface area (Å²) in [5.41, 5.74) is 4.22. The first-order valence-electron chi connectivity index (χ1n) is 16.8. The average Bonchev–Trinajstić information content (AvgIpc) is 3.82. The molecule has 1 saturated heterocycles. The number of unbranched alkanes of at least 4 members (excludes halogenated alkanes) is 3. The third-order valence-electron chi connectivity index (χ3n) is 9.05. The number of pyridine rings is 1. The second-order valence-electron chi connectivity index (χ2n) is 12.4. The van der Waals surface area contributed by atoms with Crippen LogP contribution in [-0.4, -0.2) is 43.0 Å². The molecule has 7 rings (SSSR count). The molecule has 4 heterocycles. The van der Waals surface area contributed by atoms with Crippen molar-refractivity contribution in [1.82, 2.24) is 19.6 Å². The number of ether oxygens (including phenoxy) is 1. The minimum Gasteiger partial charge on any atom is -0.505 e. The van der Waals surface area contributed by atoms with Crippen LogP contribution in [0.5, 0.6) is 5.75 Å². The van der Waals surface area contributed by atoms with Crippen LogP contribution in [0.2, 0.25) is 0 Å². The number of amides is 1. The van der Waals surface area contributed by atoms with E-state index in [9.17, 15) is 14.7 Å². The molecule has 254 valence electrons. The standard InChI is InChI=1S/C39H37N5O4S2/c1-4-5-6-9-22-48-29-19-17-27(18-20-29)33-31(34(45)32-25(3)43-21-11-12-24(2)36(43)40-32)35(46)37(47)44(33)38-41-42-39(50-38)49-23-28-15-10-14-26-13-7-8-16-30(26)28/h7-8,10-21,33,45H,4-6,9,22-23H2,1-3H3. The SMILES string of the molecule is CCCCCCOc1ccc(C2C(=C(O)c3nc4c(C)cccn4c3C)C(=O)C(=O)N2c2nnc(SCc3cccc4ccccc34)s2)cc1. The number of anilines is 1. The summed E-state index contributed by atoms with van der Waals surface area (Å²) in [5.74, 6) is -0.575. The minimum absolute atomic E-state index is 0.0486. The first-order valence-corrected chi connectivity index (χ1v) is 18.6. The Morgan fingerprint density at radius 2 is 1.74 bits per heavy atom. The Kier molecular flexibility index (Phi) is 9.69. The first kappa shape index (κ1) is 33.5. The minimum atomic E-state index is -0.956. The number of aromatic nitrogens is 4. The summed E-state index contributed by atoms with van der Waals surface area (Å²) in [5, 5.41) is 23.3. The number of imidazole rings is 1. The number of ketones is 1. The molecule has 50 heavy (non-hydrogen) atoms. The van der Waals surface area contributed by atoms with Crippen molar-refractivity contribution in [2.24, 2.45) is 0 Å². The Hall–Kier alpha value is -5.00. The quantitative estimate of drug-likeness (QED) is 0.0336.